The van der Waals surface area contributed by atoms with Gasteiger partial charge in [-0.05, 0) is 24.0 Å². The highest BCUT2D eigenvalue weighted by atomic mass is 35.5. The fraction of sp³-hybridized carbons (Fsp3) is 0.273. The number of benzene rings is 1. The molecule has 0 aliphatic rings. The monoisotopic (exact) mass is 269 g/mol. The maximum Gasteiger partial charge on any atom is 0.259 e. The van der Waals surface area contributed by atoms with Crippen LogP contribution in [0.3, 0.4) is 0 Å². The van der Waals surface area contributed by atoms with Crippen LogP contribution in [0.2, 0.25) is 5.02 Å². The molecule has 1 heterocycles. The van der Waals surface area contributed by atoms with Gasteiger partial charge < -0.3 is 10.3 Å². The first-order valence-electron chi connectivity index (χ1n) is 5.16. The second-order valence-electron chi connectivity index (χ2n) is 3.39. The summed E-state index contributed by atoms with van der Waals surface area (Å²) in [5.41, 5.74) is 6.99. The Morgan fingerprint density at radius 2 is 2.29 bits per heavy atom. The van der Waals surface area contributed by atoms with E-state index in [4.69, 9.17) is 21.9 Å². The minimum Gasteiger partial charge on any atom is -0.399 e. The molecule has 2 N–H and O–H groups in total. The fourth-order valence-corrected chi connectivity index (χ4v) is 2.02. The molecule has 0 amide bonds. The van der Waals surface area contributed by atoms with Crippen LogP contribution in [0.15, 0.2) is 22.7 Å². The molecule has 0 aliphatic heterocycles. The van der Waals surface area contributed by atoms with E-state index in [9.17, 15) is 0 Å². The van der Waals surface area contributed by atoms with Crippen molar-refractivity contribution in [2.24, 2.45) is 0 Å². The predicted molar refractivity (Wildman–Crippen MR) is 71.0 cm³/mol. The van der Waals surface area contributed by atoms with Crippen LogP contribution in [-0.4, -0.2) is 15.9 Å². The van der Waals surface area contributed by atoms with Crippen molar-refractivity contribution < 1.29 is 4.52 Å². The Hall–Kier alpha value is -1.20. The van der Waals surface area contributed by atoms with Crippen LogP contribution in [0.5, 0.6) is 0 Å². The van der Waals surface area contributed by atoms with E-state index >= 15 is 0 Å². The number of hydrogen-bond acceptors (Lipinski definition) is 5. The van der Waals surface area contributed by atoms with Crippen molar-refractivity contribution in [1.29, 1.82) is 0 Å². The highest BCUT2D eigenvalue weighted by Gasteiger charge is 2.12. The van der Waals surface area contributed by atoms with Gasteiger partial charge in [0, 0.05) is 5.69 Å². The zero-order valence-electron chi connectivity index (χ0n) is 9.31. The van der Waals surface area contributed by atoms with E-state index in [2.05, 4.69) is 17.1 Å². The summed E-state index contributed by atoms with van der Waals surface area (Å²) in [5.74, 6) is 2.84. The van der Waals surface area contributed by atoms with Crippen LogP contribution < -0.4 is 5.73 Å². The quantitative estimate of drug-likeness (QED) is 0.864. The average molecular weight is 270 g/mol. The molecule has 0 unspecified atom stereocenters. The number of halogens is 1. The lowest BCUT2D eigenvalue weighted by Gasteiger charge is -1.99. The molecule has 4 nitrogen and oxygen atoms in total. The van der Waals surface area contributed by atoms with Crippen LogP contribution in [0.4, 0.5) is 5.69 Å². The third-order valence-corrected chi connectivity index (χ3v) is 3.32. The Balaban J connectivity index is 2.27. The Labute approximate surface area is 109 Å². The van der Waals surface area contributed by atoms with Gasteiger partial charge in [-0.15, -0.1) is 0 Å². The third kappa shape index (κ3) is 2.92. The van der Waals surface area contributed by atoms with Crippen molar-refractivity contribution in [3.8, 4) is 11.5 Å². The lowest BCUT2D eigenvalue weighted by Crippen LogP contribution is -1.88. The summed E-state index contributed by atoms with van der Waals surface area (Å²) < 4.78 is 5.17. The molecular formula is C11H12ClN3OS. The van der Waals surface area contributed by atoms with E-state index in [1.54, 1.807) is 30.0 Å². The minimum atomic E-state index is 0.411. The summed E-state index contributed by atoms with van der Waals surface area (Å²) in [6, 6.07) is 5.18. The SMILES string of the molecule is CCSCc1noc(-c2cc(N)ccc2Cl)n1. The number of nitrogen functional groups attached to an aromatic ring is 1. The van der Waals surface area contributed by atoms with Crippen molar-refractivity contribution >= 4 is 29.1 Å². The van der Waals surface area contributed by atoms with E-state index in [1.165, 1.54) is 0 Å². The molecule has 1 aromatic heterocycles. The maximum atomic E-state index is 6.06. The molecule has 0 fully saturated rings. The number of anilines is 1. The molecule has 0 spiro atoms. The normalized spacial score (nSPS) is 10.7. The van der Waals surface area contributed by atoms with Gasteiger partial charge in [0.15, 0.2) is 5.82 Å². The highest BCUT2D eigenvalue weighted by Crippen LogP contribution is 2.28. The van der Waals surface area contributed by atoms with Gasteiger partial charge in [0.1, 0.15) is 0 Å². The first kappa shape index (κ1) is 12.3. The molecule has 2 rings (SSSR count). The lowest BCUT2D eigenvalue weighted by molar-refractivity contribution is 0.425. The van der Waals surface area contributed by atoms with Gasteiger partial charge in [0.05, 0.1) is 16.3 Å². The van der Waals surface area contributed by atoms with Crippen molar-refractivity contribution in [3.63, 3.8) is 0 Å². The fourth-order valence-electron chi connectivity index (χ4n) is 1.32. The van der Waals surface area contributed by atoms with E-state index in [0.717, 1.165) is 11.5 Å². The third-order valence-electron chi connectivity index (χ3n) is 2.12. The number of aromatic nitrogens is 2. The van der Waals surface area contributed by atoms with Crippen molar-refractivity contribution in [3.05, 3.63) is 29.0 Å². The molecule has 2 aromatic rings. The zero-order valence-corrected chi connectivity index (χ0v) is 10.9. The summed E-state index contributed by atoms with van der Waals surface area (Å²) in [4.78, 5) is 4.28. The van der Waals surface area contributed by atoms with Crippen molar-refractivity contribution in [1.82, 2.24) is 10.1 Å². The molecule has 0 saturated carbocycles. The summed E-state index contributed by atoms with van der Waals surface area (Å²) >= 11 is 7.79. The van der Waals surface area contributed by atoms with Crippen molar-refractivity contribution in [2.45, 2.75) is 12.7 Å². The van der Waals surface area contributed by atoms with Gasteiger partial charge in [-0.25, -0.2) is 0 Å². The second kappa shape index (κ2) is 5.42. The van der Waals surface area contributed by atoms with Crippen LogP contribution in [0.1, 0.15) is 12.7 Å². The van der Waals surface area contributed by atoms with E-state index in [0.29, 0.717) is 28.0 Å². The summed E-state index contributed by atoms with van der Waals surface area (Å²) in [5, 5.41) is 4.45. The standard InChI is InChI=1S/C11H12ClN3OS/c1-2-17-6-10-14-11(16-15-10)8-5-7(13)3-4-9(8)12/h3-5H,2,6,13H2,1H3. The molecule has 0 atom stereocenters. The molecule has 17 heavy (non-hydrogen) atoms. The van der Waals surface area contributed by atoms with E-state index in [-0.39, 0.29) is 0 Å². The summed E-state index contributed by atoms with van der Waals surface area (Å²) in [6.07, 6.45) is 0. The van der Waals surface area contributed by atoms with E-state index < -0.39 is 0 Å². The largest absolute Gasteiger partial charge is 0.399 e. The smallest absolute Gasteiger partial charge is 0.259 e. The van der Waals surface area contributed by atoms with Gasteiger partial charge in [-0.3, -0.25) is 0 Å². The number of thioether (sulfide) groups is 1. The zero-order chi connectivity index (χ0) is 12.3. The van der Waals surface area contributed by atoms with Crippen LogP contribution >= 0.6 is 23.4 Å². The summed E-state index contributed by atoms with van der Waals surface area (Å²) in [6.45, 7) is 2.08. The van der Waals surface area contributed by atoms with E-state index in [1.807, 2.05) is 0 Å². The van der Waals surface area contributed by atoms with Gasteiger partial charge in [0.2, 0.25) is 0 Å². The Morgan fingerprint density at radius 1 is 1.47 bits per heavy atom. The highest BCUT2D eigenvalue weighted by molar-refractivity contribution is 7.98. The molecule has 6 heteroatoms. The van der Waals surface area contributed by atoms with Gasteiger partial charge in [-0.2, -0.15) is 16.7 Å². The number of rotatable bonds is 4. The van der Waals surface area contributed by atoms with Crippen LogP contribution in [0.25, 0.3) is 11.5 Å². The summed E-state index contributed by atoms with van der Waals surface area (Å²) in [7, 11) is 0. The molecule has 0 bridgehead atoms. The number of nitrogens with zero attached hydrogens (tertiary/aromatic N) is 2. The molecule has 0 saturated heterocycles. The minimum absolute atomic E-state index is 0.411. The van der Waals surface area contributed by atoms with Crippen LogP contribution in [-0.2, 0) is 5.75 Å². The first-order valence-corrected chi connectivity index (χ1v) is 6.69. The number of hydrogen-bond donors (Lipinski definition) is 1. The maximum absolute atomic E-state index is 6.06. The number of nitrogens with two attached hydrogens (primary N) is 1. The predicted octanol–water partition coefficient (Wildman–Crippen LogP) is 3.23. The van der Waals surface area contributed by atoms with Gasteiger partial charge in [0.25, 0.3) is 5.89 Å². The molecule has 90 valence electrons. The Morgan fingerprint density at radius 3 is 3.06 bits per heavy atom. The van der Waals surface area contributed by atoms with Gasteiger partial charge >= 0.3 is 0 Å². The van der Waals surface area contributed by atoms with Crippen LogP contribution in [0, 0.1) is 0 Å². The lowest BCUT2D eigenvalue weighted by atomic mass is 10.2. The molecule has 0 aliphatic carbocycles. The first-order chi connectivity index (χ1) is 8.20. The molecular weight excluding hydrogens is 258 g/mol. The molecule has 1 aromatic carbocycles. The Kier molecular flexibility index (Phi) is 3.91. The molecule has 0 radical (unpaired) electrons. The topological polar surface area (TPSA) is 64.9 Å². The average Bonchev–Trinajstić information content (AvgIpc) is 2.78. The Bertz CT molecular complexity index is 515. The van der Waals surface area contributed by atoms with Gasteiger partial charge in [-0.1, -0.05) is 23.7 Å². The van der Waals surface area contributed by atoms with Crippen molar-refractivity contribution in [2.75, 3.05) is 11.5 Å². The second-order valence-corrected chi connectivity index (χ2v) is 5.07.